The molecule has 0 aromatic carbocycles. The summed E-state index contributed by atoms with van der Waals surface area (Å²) in [5.41, 5.74) is 6.99. The number of nitrogens with zero attached hydrogens (tertiary/aromatic N) is 2. The highest BCUT2D eigenvalue weighted by Crippen LogP contribution is 2.08. The van der Waals surface area contributed by atoms with E-state index in [-0.39, 0.29) is 18.3 Å². The largest absolute Gasteiger partial charge is 0.397 e. The lowest BCUT2D eigenvalue weighted by molar-refractivity contribution is -0.131. The molecule has 0 radical (unpaired) electrons. The van der Waals surface area contributed by atoms with Gasteiger partial charge in [-0.15, -0.1) is 12.4 Å². The molecule has 0 aliphatic rings. The maximum absolute atomic E-state index is 12.3. The third kappa shape index (κ3) is 6.75. The van der Waals surface area contributed by atoms with Crippen molar-refractivity contribution in [1.29, 1.82) is 0 Å². The average Bonchev–Trinajstić information content (AvgIpc) is 2.30. The molecule has 0 atom stereocenters. The summed E-state index contributed by atoms with van der Waals surface area (Å²) in [6.07, 6.45) is 1.94. The maximum atomic E-state index is 12.3. The Balaban J connectivity index is 0.00000361. The minimum Gasteiger partial charge on any atom is -0.397 e. The van der Waals surface area contributed by atoms with Crippen LogP contribution < -0.4 is 5.73 Å². The summed E-state index contributed by atoms with van der Waals surface area (Å²) in [5.74, 6) is 1.09. The van der Waals surface area contributed by atoms with Crippen LogP contribution in [0.15, 0.2) is 18.3 Å². The van der Waals surface area contributed by atoms with Crippen LogP contribution in [0.2, 0.25) is 0 Å². The van der Waals surface area contributed by atoms with E-state index >= 15 is 0 Å². The molecule has 5 heteroatoms. The number of carbonyl (C=O) groups is 1. The van der Waals surface area contributed by atoms with Crippen LogP contribution in [0, 0.1) is 11.8 Å². The number of pyridine rings is 1. The van der Waals surface area contributed by atoms with Crippen molar-refractivity contribution in [1.82, 2.24) is 9.88 Å². The molecule has 1 aromatic heterocycles. The molecule has 0 spiro atoms. The molecule has 0 aliphatic heterocycles. The van der Waals surface area contributed by atoms with Gasteiger partial charge in [0.1, 0.15) is 0 Å². The molecule has 0 saturated carbocycles. The number of anilines is 1. The summed E-state index contributed by atoms with van der Waals surface area (Å²) in [6, 6.07) is 3.60. The van der Waals surface area contributed by atoms with Gasteiger partial charge in [0.05, 0.1) is 18.3 Å². The molecule has 20 heavy (non-hydrogen) atoms. The topological polar surface area (TPSA) is 59.2 Å². The first-order valence-corrected chi connectivity index (χ1v) is 6.86. The Morgan fingerprint density at radius 2 is 1.75 bits per heavy atom. The molecular formula is C15H26ClN3O. The van der Waals surface area contributed by atoms with Gasteiger partial charge in [-0.2, -0.15) is 0 Å². The molecule has 1 aromatic rings. The van der Waals surface area contributed by atoms with Crippen molar-refractivity contribution in [2.45, 2.75) is 34.1 Å². The van der Waals surface area contributed by atoms with E-state index in [9.17, 15) is 4.79 Å². The van der Waals surface area contributed by atoms with E-state index in [4.69, 9.17) is 5.73 Å². The summed E-state index contributed by atoms with van der Waals surface area (Å²) in [6.45, 7) is 10.1. The first kappa shape index (κ1) is 18.7. The zero-order valence-corrected chi connectivity index (χ0v) is 13.6. The monoisotopic (exact) mass is 299 g/mol. The molecule has 0 saturated heterocycles. The van der Waals surface area contributed by atoms with Crippen molar-refractivity contribution in [3.63, 3.8) is 0 Å². The van der Waals surface area contributed by atoms with E-state index in [0.29, 0.717) is 23.9 Å². The fourth-order valence-electron chi connectivity index (χ4n) is 1.97. The Kier molecular flexibility index (Phi) is 8.23. The van der Waals surface area contributed by atoms with Crippen LogP contribution in [0.5, 0.6) is 0 Å². The second-order valence-corrected chi connectivity index (χ2v) is 5.85. The molecule has 1 heterocycles. The van der Waals surface area contributed by atoms with Crippen molar-refractivity contribution >= 4 is 24.0 Å². The number of carbonyl (C=O) groups excluding carboxylic acids is 1. The van der Waals surface area contributed by atoms with Gasteiger partial charge in [-0.05, 0) is 24.0 Å². The van der Waals surface area contributed by atoms with Crippen molar-refractivity contribution in [3.05, 3.63) is 24.0 Å². The number of hydrogen-bond acceptors (Lipinski definition) is 3. The van der Waals surface area contributed by atoms with Crippen LogP contribution in [0.1, 0.15) is 33.4 Å². The lowest BCUT2D eigenvalue weighted by atomic mass is 10.1. The zero-order chi connectivity index (χ0) is 14.4. The molecule has 0 fully saturated rings. The van der Waals surface area contributed by atoms with E-state index in [1.54, 1.807) is 12.3 Å². The third-order valence-electron chi connectivity index (χ3n) is 2.70. The van der Waals surface area contributed by atoms with Crippen molar-refractivity contribution < 1.29 is 4.79 Å². The lowest BCUT2D eigenvalue weighted by Crippen LogP contribution is -2.38. The summed E-state index contributed by atoms with van der Waals surface area (Å²) in [4.78, 5) is 18.4. The van der Waals surface area contributed by atoms with Gasteiger partial charge in [-0.3, -0.25) is 9.78 Å². The number of amides is 1. The number of rotatable bonds is 6. The van der Waals surface area contributed by atoms with Crippen LogP contribution >= 0.6 is 12.4 Å². The molecule has 114 valence electrons. The predicted octanol–water partition coefficient (Wildman–Crippen LogP) is 2.77. The van der Waals surface area contributed by atoms with Gasteiger partial charge >= 0.3 is 0 Å². The van der Waals surface area contributed by atoms with Crippen molar-refractivity contribution in [2.24, 2.45) is 11.8 Å². The second kappa shape index (κ2) is 8.80. The first-order chi connectivity index (χ1) is 8.88. The van der Waals surface area contributed by atoms with Crippen LogP contribution in [-0.2, 0) is 11.2 Å². The Bertz CT molecular complexity index is 394. The Hall–Kier alpha value is -1.29. The average molecular weight is 300 g/mol. The zero-order valence-electron chi connectivity index (χ0n) is 12.8. The van der Waals surface area contributed by atoms with Crippen LogP contribution in [0.3, 0.4) is 0 Å². The number of nitrogen functional groups attached to an aromatic ring is 1. The number of halogens is 1. The minimum absolute atomic E-state index is 0. The number of hydrogen-bond donors (Lipinski definition) is 1. The first-order valence-electron chi connectivity index (χ1n) is 6.86. The molecule has 0 aliphatic carbocycles. The molecule has 4 nitrogen and oxygen atoms in total. The van der Waals surface area contributed by atoms with Gasteiger partial charge in [0, 0.05) is 18.8 Å². The normalized spacial score (nSPS) is 10.5. The predicted molar refractivity (Wildman–Crippen MR) is 85.9 cm³/mol. The van der Waals surface area contributed by atoms with Gasteiger partial charge in [0.2, 0.25) is 5.91 Å². The van der Waals surface area contributed by atoms with Crippen LogP contribution in [-0.4, -0.2) is 28.9 Å². The van der Waals surface area contributed by atoms with E-state index in [2.05, 4.69) is 32.7 Å². The highest BCUT2D eigenvalue weighted by molar-refractivity contribution is 5.85. The molecular weight excluding hydrogens is 274 g/mol. The summed E-state index contributed by atoms with van der Waals surface area (Å²) in [5, 5.41) is 0. The second-order valence-electron chi connectivity index (χ2n) is 5.85. The highest BCUT2D eigenvalue weighted by atomic mass is 35.5. The SMILES string of the molecule is CC(C)CN(CC(C)C)C(=O)Cc1ccc(N)cn1.Cl. The van der Waals surface area contributed by atoms with Gasteiger partial charge in [0.15, 0.2) is 0 Å². The summed E-state index contributed by atoms with van der Waals surface area (Å²) >= 11 is 0. The van der Waals surface area contributed by atoms with E-state index in [1.165, 1.54) is 0 Å². The summed E-state index contributed by atoms with van der Waals surface area (Å²) in [7, 11) is 0. The van der Waals surface area contributed by atoms with Crippen LogP contribution in [0.4, 0.5) is 5.69 Å². The lowest BCUT2D eigenvalue weighted by Gasteiger charge is -2.26. The molecule has 0 bridgehead atoms. The van der Waals surface area contributed by atoms with Gasteiger partial charge in [0.25, 0.3) is 0 Å². The Morgan fingerprint density at radius 3 is 2.15 bits per heavy atom. The van der Waals surface area contributed by atoms with Gasteiger partial charge in [-0.1, -0.05) is 27.7 Å². The quantitative estimate of drug-likeness (QED) is 0.878. The molecule has 1 amide bonds. The molecule has 2 N–H and O–H groups in total. The van der Waals surface area contributed by atoms with E-state index in [0.717, 1.165) is 18.8 Å². The smallest absolute Gasteiger partial charge is 0.228 e. The fraction of sp³-hybridized carbons (Fsp3) is 0.600. The molecule has 1 rings (SSSR count). The third-order valence-corrected chi connectivity index (χ3v) is 2.70. The Labute approximate surface area is 128 Å². The van der Waals surface area contributed by atoms with E-state index in [1.807, 2.05) is 11.0 Å². The fourth-order valence-corrected chi connectivity index (χ4v) is 1.97. The van der Waals surface area contributed by atoms with Crippen molar-refractivity contribution in [2.75, 3.05) is 18.8 Å². The van der Waals surface area contributed by atoms with Gasteiger partial charge < -0.3 is 10.6 Å². The summed E-state index contributed by atoms with van der Waals surface area (Å²) < 4.78 is 0. The minimum atomic E-state index is 0. The standard InChI is InChI=1S/C15H25N3O.ClH/c1-11(2)9-18(10-12(3)4)15(19)7-14-6-5-13(16)8-17-14;/h5-6,8,11-12H,7,9-10,16H2,1-4H3;1H. The number of aromatic nitrogens is 1. The Morgan fingerprint density at radius 1 is 1.20 bits per heavy atom. The maximum Gasteiger partial charge on any atom is 0.228 e. The number of nitrogens with two attached hydrogens (primary N) is 1. The highest BCUT2D eigenvalue weighted by Gasteiger charge is 2.16. The molecule has 0 unspecified atom stereocenters. The van der Waals surface area contributed by atoms with E-state index < -0.39 is 0 Å². The van der Waals surface area contributed by atoms with Crippen LogP contribution in [0.25, 0.3) is 0 Å². The van der Waals surface area contributed by atoms with Crippen molar-refractivity contribution in [3.8, 4) is 0 Å². The van der Waals surface area contributed by atoms with Gasteiger partial charge in [-0.25, -0.2) is 0 Å².